The summed E-state index contributed by atoms with van der Waals surface area (Å²) in [5.74, 6) is 0.173. The zero-order chi connectivity index (χ0) is 22.1. The molecule has 2 aliphatic heterocycles. The third kappa shape index (κ3) is 4.20. The first kappa shape index (κ1) is 20.9. The summed E-state index contributed by atoms with van der Waals surface area (Å²) < 4.78 is 0. The maximum atomic E-state index is 12.1. The van der Waals surface area contributed by atoms with Crippen LogP contribution in [-0.2, 0) is 4.79 Å². The zero-order valence-corrected chi connectivity index (χ0v) is 18.6. The van der Waals surface area contributed by atoms with Crippen LogP contribution in [0.15, 0.2) is 54.6 Å². The molecule has 3 aromatic rings. The molecule has 2 aromatic carbocycles. The minimum atomic E-state index is -0.566. The van der Waals surface area contributed by atoms with Gasteiger partial charge in [-0.25, -0.2) is 0 Å². The lowest BCUT2D eigenvalue weighted by Crippen LogP contribution is -2.47. The van der Waals surface area contributed by atoms with Gasteiger partial charge >= 0.3 is 0 Å². The summed E-state index contributed by atoms with van der Waals surface area (Å²) in [4.78, 5) is 23.3. The lowest BCUT2D eigenvalue weighted by atomic mass is 10.1. The van der Waals surface area contributed by atoms with Crippen molar-refractivity contribution in [3.05, 3.63) is 65.9 Å². The van der Waals surface area contributed by atoms with E-state index in [9.17, 15) is 9.90 Å². The Balaban J connectivity index is 1.23. The first-order chi connectivity index (χ1) is 15.6. The van der Waals surface area contributed by atoms with Gasteiger partial charge in [0.05, 0.1) is 11.6 Å². The van der Waals surface area contributed by atoms with Crippen LogP contribution < -0.4 is 9.80 Å². The number of β-amino-alcohol motifs (C(OH)–C–C–N with tert-alkyl or cyclic N) is 1. The number of piperazine rings is 1. The molecule has 1 amide bonds. The number of fused-ring (bicyclic) bond motifs is 1. The van der Waals surface area contributed by atoms with Crippen molar-refractivity contribution in [2.75, 3.05) is 49.1 Å². The van der Waals surface area contributed by atoms with E-state index in [1.807, 2.05) is 36.1 Å². The Morgan fingerprint density at radius 3 is 2.59 bits per heavy atom. The van der Waals surface area contributed by atoms with Gasteiger partial charge in [0.15, 0.2) is 0 Å². The first-order valence-corrected chi connectivity index (χ1v) is 11.5. The topological polar surface area (TPSA) is 59.9 Å². The van der Waals surface area contributed by atoms with Gasteiger partial charge in [-0.1, -0.05) is 18.2 Å². The molecule has 5 rings (SSSR count). The van der Waals surface area contributed by atoms with Crippen molar-refractivity contribution < 1.29 is 9.90 Å². The Bertz CT molecular complexity index is 1120. The SMILES string of the molecule is Cc1ccc2c(N3CCN(CC(O)c4cccc(N5CCCC5=O)c4)CC3)cccc2n1. The molecule has 2 saturated heterocycles. The Morgan fingerprint density at radius 1 is 1.00 bits per heavy atom. The molecule has 2 aliphatic rings. The van der Waals surface area contributed by atoms with Crippen LogP contribution in [-0.4, -0.2) is 60.2 Å². The fraction of sp³-hybridized carbons (Fsp3) is 0.385. The molecule has 0 bridgehead atoms. The maximum Gasteiger partial charge on any atom is 0.227 e. The fourth-order valence-electron chi connectivity index (χ4n) is 4.86. The van der Waals surface area contributed by atoms with E-state index in [1.165, 1.54) is 11.1 Å². The molecule has 0 aliphatic carbocycles. The number of aliphatic hydroxyl groups excluding tert-OH is 1. The monoisotopic (exact) mass is 430 g/mol. The highest BCUT2D eigenvalue weighted by atomic mass is 16.3. The van der Waals surface area contributed by atoms with Gasteiger partial charge < -0.3 is 14.9 Å². The van der Waals surface area contributed by atoms with Crippen molar-refractivity contribution in [2.45, 2.75) is 25.9 Å². The van der Waals surface area contributed by atoms with Crippen molar-refractivity contribution in [2.24, 2.45) is 0 Å². The number of hydrogen-bond donors (Lipinski definition) is 1. The van der Waals surface area contributed by atoms with Crippen LogP contribution in [0.25, 0.3) is 10.9 Å². The van der Waals surface area contributed by atoms with Crippen molar-refractivity contribution in [3.8, 4) is 0 Å². The second-order valence-electron chi connectivity index (χ2n) is 8.84. The quantitative estimate of drug-likeness (QED) is 0.671. The molecular formula is C26H30N4O2. The van der Waals surface area contributed by atoms with Crippen LogP contribution in [0.1, 0.15) is 30.2 Å². The van der Waals surface area contributed by atoms with E-state index >= 15 is 0 Å². The molecule has 0 saturated carbocycles. The zero-order valence-electron chi connectivity index (χ0n) is 18.6. The Hall–Kier alpha value is -2.96. The number of amides is 1. The number of nitrogens with zero attached hydrogens (tertiary/aromatic N) is 4. The van der Waals surface area contributed by atoms with E-state index in [0.29, 0.717) is 13.0 Å². The molecule has 6 nitrogen and oxygen atoms in total. The minimum absolute atomic E-state index is 0.173. The van der Waals surface area contributed by atoms with Gasteiger partial charge in [0.1, 0.15) is 0 Å². The Morgan fingerprint density at radius 2 is 1.81 bits per heavy atom. The number of carbonyl (C=O) groups excluding carboxylic acids is 1. The third-order valence-electron chi connectivity index (χ3n) is 6.63. The van der Waals surface area contributed by atoms with E-state index in [0.717, 1.165) is 61.6 Å². The highest BCUT2D eigenvalue weighted by Gasteiger charge is 2.24. The summed E-state index contributed by atoms with van der Waals surface area (Å²) in [5.41, 5.74) is 5.08. The molecule has 1 unspecified atom stereocenters. The summed E-state index contributed by atoms with van der Waals surface area (Å²) >= 11 is 0. The van der Waals surface area contributed by atoms with Gasteiger partial charge in [0, 0.05) is 68.1 Å². The third-order valence-corrected chi connectivity index (χ3v) is 6.63. The van der Waals surface area contributed by atoms with Crippen LogP contribution in [0.4, 0.5) is 11.4 Å². The highest BCUT2D eigenvalue weighted by Crippen LogP contribution is 2.28. The predicted octanol–water partition coefficient (Wildman–Crippen LogP) is 3.53. The number of aryl methyl sites for hydroxylation is 1. The second-order valence-corrected chi connectivity index (χ2v) is 8.84. The first-order valence-electron chi connectivity index (χ1n) is 11.5. The van der Waals surface area contributed by atoms with E-state index in [2.05, 4.69) is 45.1 Å². The maximum absolute atomic E-state index is 12.1. The summed E-state index contributed by atoms with van der Waals surface area (Å²) in [7, 11) is 0. The second kappa shape index (κ2) is 8.88. The summed E-state index contributed by atoms with van der Waals surface area (Å²) in [6.45, 7) is 7.03. The molecule has 1 aromatic heterocycles. The fourth-order valence-corrected chi connectivity index (χ4v) is 4.86. The van der Waals surface area contributed by atoms with Gasteiger partial charge in [-0.3, -0.25) is 14.7 Å². The number of aliphatic hydroxyl groups is 1. The number of benzene rings is 2. The predicted molar refractivity (Wildman–Crippen MR) is 128 cm³/mol. The number of aromatic nitrogens is 1. The molecule has 166 valence electrons. The van der Waals surface area contributed by atoms with E-state index in [4.69, 9.17) is 0 Å². The Kier molecular flexibility index (Phi) is 5.81. The van der Waals surface area contributed by atoms with Crippen LogP contribution in [0.5, 0.6) is 0 Å². The Labute approximate surface area is 189 Å². The molecule has 1 atom stereocenters. The minimum Gasteiger partial charge on any atom is -0.387 e. The average Bonchev–Trinajstić information content (AvgIpc) is 3.25. The number of anilines is 2. The summed E-state index contributed by atoms with van der Waals surface area (Å²) in [5, 5.41) is 12.1. The summed E-state index contributed by atoms with van der Waals surface area (Å²) in [6.07, 6.45) is 0.954. The summed E-state index contributed by atoms with van der Waals surface area (Å²) in [6, 6.07) is 18.4. The number of pyridine rings is 1. The smallest absolute Gasteiger partial charge is 0.227 e. The molecule has 6 heteroatoms. The number of carbonyl (C=O) groups is 1. The van der Waals surface area contributed by atoms with Crippen LogP contribution in [0.2, 0.25) is 0 Å². The van der Waals surface area contributed by atoms with Crippen LogP contribution in [0.3, 0.4) is 0 Å². The molecule has 0 spiro atoms. The van der Waals surface area contributed by atoms with Crippen LogP contribution >= 0.6 is 0 Å². The van der Waals surface area contributed by atoms with Crippen molar-refractivity contribution in [1.82, 2.24) is 9.88 Å². The molecule has 1 N–H and O–H groups in total. The number of hydrogen-bond acceptors (Lipinski definition) is 5. The standard InChI is InChI=1S/C26H30N4O2/c1-19-10-11-22-23(27-19)7-3-8-24(22)29-15-13-28(14-16-29)18-25(31)20-5-2-6-21(17-20)30-12-4-9-26(30)32/h2-3,5-8,10-11,17,25,31H,4,9,12-16,18H2,1H3. The molecule has 0 radical (unpaired) electrons. The van der Waals surface area contributed by atoms with Gasteiger partial charge in [0.25, 0.3) is 0 Å². The molecule has 3 heterocycles. The normalized spacial score (nSPS) is 18.5. The molecular weight excluding hydrogens is 400 g/mol. The molecule has 32 heavy (non-hydrogen) atoms. The number of rotatable bonds is 5. The van der Waals surface area contributed by atoms with Crippen molar-refractivity contribution in [3.63, 3.8) is 0 Å². The van der Waals surface area contributed by atoms with E-state index < -0.39 is 6.10 Å². The van der Waals surface area contributed by atoms with E-state index in [-0.39, 0.29) is 5.91 Å². The van der Waals surface area contributed by atoms with Crippen molar-refractivity contribution >= 4 is 28.2 Å². The van der Waals surface area contributed by atoms with Gasteiger partial charge in [-0.05, 0) is 55.3 Å². The van der Waals surface area contributed by atoms with E-state index in [1.54, 1.807) is 0 Å². The molecule has 2 fully saturated rings. The average molecular weight is 431 g/mol. The lowest BCUT2D eigenvalue weighted by Gasteiger charge is -2.37. The van der Waals surface area contributed by atoms with Gasteiger partial charge in [-0.15, -0.1) is 0 Å². The van der Waals surface area contributed by atoms with Gasteiger partial charge in [0.2, 0.25) is 5.91 Å². The lowest BCUT2D eigenvalue weighted by molar-refractivity contribution is -0.117. The van der Waals surface area contributed by atoms with Gasteiger partial charge in [-0.2, -0.15) is 0 Å². The largest absolute Gasteiger partial charge is 0.387 e. The van der Waals surface area contributed by atoms with Crippen LogP contribution in [0, 0.1) is 6.92 Å². The highest BCUT2D eigenvalue weighted by molar-refractivity contribution is 5.95. The van der Waals surface area contributed by atoms with Crippen molar-refractivity contribution in [1.29, 1.82) is 0 Å².